The molecule has 100 valence electrons. The minimum atomic E-state index is -0.499. The Hall–Kier alpha value is -1.10. The lowest BCUT2D eigenvalue weighted by Crippen LogP contribution is -2.24. The quantitative estimate of drug-likeness (QED) is 0.794. The van der Waals surface area contributed by atoms with Gasteiger partial charge < -0.3 is 9.47 Å². The summed E-state index contributed by atoms with van der Waals surface area (Å²) in [6.07, 6.45) is 0.134. The number of halogens is 2. The molecule has 0 amide bonds. The van der Waals surface area contributed by atoms with Crippen LogP contribution in [-0.4, -0.2) is 18.2 Å². The molecule has 0 saturated carbocycles. The molecule has 0 radical (unpaired) electrons. The van der Waals surface area contributed by atoms with Gasteiger partial charge in [0, 0.05) is 6.07 Å². The van der Waals surface area contributed by atoms with Crippen molar-refractivity contribution in [2.24, 2.45) is 0 Å². The SMILES string of the molecule is CC(C)(C)OC(=O)CCOc1ccc(Br)c(F)c1. The zero-order valence-electron chi connectivity index (χ0n) is 10.6. The van der Waals surface area contributed by atoms with E-state index >= 15 is 0 Å². The van der Waals surface area contributed by atoms with Crippen LogP contribution in [0.3, 0.4) is 0 Å². The van der Waals surface area contributed by atoms with E-state index in [-0.39, 0.29) is 19.0 Å². The molecule has 0 atom stereocenters. The van der Waals surface area contributed by atoms with E-state index in [0.29, 0.717) is 10.2 Å². The van der Waals surface area contributed by atoms with Crippen molar-refractivity contribution < 1.29 is 18.7 Å². The van der Waals surface area contributed by atoms with E-state index in [2.05, 4.69) is 15.9 Å². The fraction of sp³-hybridized carbons (Fsp3) is 0.462. The minimum Gasteiger partial charge on any atom is -0.493 e. The average Bonchev–Trinajstić information content (AvgIpc) is 2.20. The third kappa shape index (κ3) is 5.49. The molecular weight excluding hydrogens is 303 g/mol. The topological polar surface area (TPSA) is 35.5 Å². The molecule has 1 aromatic carbocycles. The molecule has 0 bridgehead atoms. The van der Waals surface area contributed by atoms with E-state index in [9.17, 15) is 9.18 Å². The molecule has 0 aliphatic heterocycles. The Morgan fingerprint density at radius 3 is 2.61 bits per heavy atom. The number of ether oxygens (including phenoxy) is 2. The van der Waals surface area contributed by atoms with Crippen LogP contribution in [0.5, 0.6) is 5.75 Å². The van der Waals surface area contributed by atoms with Crippen LogP contribution in [0.1, 0.15) is 27.2 Å². The summed E-state index contributed by atoms with van der Waals surface area (Å²) in [7, 11) is 0. The molecule has 18 heavy (non-hydrogen) atoms. The Morgan fingerprint density at radius 1 is 1.39 bits per heavy atom. The number of esters is 1. The molecule has 0 fully saturated rings. The van der Waals surface area contributed by atoms with E-state index in [0.717, 1.165) is 0 Å². The van der Waals surface area contributed by atoms with Crippen LogP contribution in [0.25, 0.3) is 0 Å². The smallest absolute Gasteiger partial charge is 0.309 e. The summed E-state index contributed by atoms with van der Waals surface area (Å²) in [5.74, 6) is -0.343. The van der Waals surface area contributed by atoms with Crippen LogP contribution in [0.15, 0.2) is 22.7 Å². The summed E-state index contributed by atoms with van der Waals surface area (Å²) in [5, 5.41) is 0. The van der Waals surface area contributed by atoms with Crippen molar-refractivity contribution in [1.82, 2.24) is 0 Å². The third-order valence-electron chi connectivity index (χ3n) is 1.89. The zero-order valence-corrected chi connectivity index (χ0v) is 12.2. The van der Waals surface area contributed by atoms with Crippen molar-refractivity contribution >= 4 is 21.9 Å². The van der Waals surface area contributed by atoms with E-state index in [4.69, 9.17) is 9.47 Å². The van der Waals surface area contributed by atoms with Crippen LogP contribution >= 0.6 is 15.9 Å². The van der Waals surface area contributed by atoms with Gasteiger partial charge in [0.1, 0.15) is 17.2 Å². The number of carbonyl (C=O) groups excluding carboxylic acids is 1. The predicted molar refractivity (Wildman–Crippen MR) is 70.1 cm³/mol. The maximum atomic E-state index is 13.2. The molecule has 0 aliphatic carbocycles. The van der Waals surface area contributed by atoms with Gasteiger partial charge in [-0.2, -0.15) is 0 Å². The Balaban J connectivity index is 2.38. The summed E-state index contributed by atoms with van der Waals surface area (Å²) in [6.45, 7) is 5.57. The van der Waals surface area contributed by atoms with Crippen molar-refractivity contribution in [1.29, 1.82) is 0 Å². The van der Waals surface area contributed by atoms with Gasteiger partial charge in [-0.1, -0.05) is 0 Å². The molecule has 0 saturated heterocycles. The first-order chi connectivity index (χ1) is 8.28. The van der Waals surface area contributed by atoms with E-state index in [1.54, 1.807) is 32.9 Å². The van der Waals surface area contributed by atoms with Gasteiger partial charge in [-0.15, -0.1) is 0 Å². The number of rotatable bonds is 4. The largest absolute Gasteiger partial charge is 0.493 e. The first-order valence-electron chi connectivity index (χ1n) is 5.57. The maximum absolute atomic E-state index is 13.2. The minimum absolute atomic E-state index is 0.134. The Morgan fingerprint density at radius 2 is 2.06 bits per heavy atom. The number of benzene rings is 1. The normalized spacial score (nSPS) is 11.2. The zero-order chi connectivity index (χ0) is 13.8. The van der Waals surface area contributed by atoms with Gasteiger partial charge in [-0.05, 0) is 48.8 Å². The summed E-state index contributed by atoms with van der Waals surface area (Å²) in [4.78, 5) is 11.4. The molecular formula is C13H16BrFO3. The molecule has 1 rings (SSSR count). The fourth-order valence-electron chi connectivity index (χ4n) is 1.21. The molecule has 0 unspecified atom stereocenters. The Labute approximate surface area is 114 Å². The van der Waals surface area contributed by atoms with Gasteiger partial charge in [-0.25, -0.2) is 4.39 Å². The molecule has 0 heterocycles. The van der Waals surface area contributed by atoms with E-state index in [1.165, 1.54) is 6.07 Å². The Kier molecular flexibility index (Phi) is 5.14. The molecule has 0 N–H and O–H groups in total. The second kappa shape index (κ2) is 6.18. The summed E-state index contributed by atoms with van der Waals surface area (Å²) in [5.41, 5.74) is -0.499. The van der Waals surface area contributed by atoms with E-state index < -0.39 is 11.4 Å². The van der Waals surface area contributed by atoms with Crippen LogP contribution < -0.4 is 4.74 Å². The van der Waals surface area contributed by atoms with Crippen LogP contribution in [0.4, 0.5) is 4.39 Å². The number of carbonyl (C=O) groups is 1. The maximum Gasteiger partial charge on any atom is 0.309 e. The highest BCUT2D eigenvalue weighted by atomic mass is 79.9. The van der Waals surface area contributed by atoms with Crippen LogP contribution in [0.2, 0.25) is 0 Å². The highest BCUT2D eigenvalue weighted by Gasteiger charge is 2.15. The first kappa shape index (κ1) is 15.0. The third-order valence-corrected chi connectivity index (χ3v) is 2.53. The van der Waals surface area contributed by atoms with Crippen LogP contribution in [0, 0.1) is 5.82 Å². The first-order valence-corrected chi connectivity index (χ1v) is 6.37. The predicted octanol–water partition coefficient (Wildman–Crippen LogP) is 3.70. The molecule has 0 aromatic heterocycles. The van der Waals surface area contributed by atoms with Crippen molar-refractivity contribution in [3.05, 3.63) is 28.5 Å². The second-order valence-electron chi connectivity index (χ2n) is 4.76. The molecule has 0 spiro atoms. The van der Waals surface area contributed by atoms with Gasteiger partial charge >= 0.3 is 5.97 Å². The average molecular weight is 319 g/mol. The van der Waals surface area contributed by atoms with Gasteiger partial charge in [0.2, 0.25) is 0 Å². The van der Waals surface area contributed by atoms with Crippen molar-refractivity contribution in [2.75, 3.05) is 6.61 Å². The molecule has 0 aliphatic rings. The number of hydrogen-bond donors (Lipinski definition) is 0. The van der Waals surface area contributed by atoms with Gasteiger partial charge in [0.25, 0.3) is 0 Å². The standard InChI is InChI=1S/C13H16BrFO3/c1-13(2,3)18-12(16)6-7-17-9-4-5-10(14)11(15)8-9/h4-5,8H,6-7H2,1-3H3. The Bertz CT molecular complexity index is 427. The van der Waals surface area contributed by atoms with Crippen molar-refractivity contribution in [3.63, 3.8) is 0 Å². The van der Waals surface area contributed by atoms with Gasteiger partial charge in [0.05, 0.1) is 17.5 Å². The summed E-state index contributed by atoms with van der Waals surface area (Å²) in [6, 6.07) is 4.44. The molecule has 3 nitrogen and oxygen atoms in total. The van der Waals surface area contributed by atoms with Crippen molar-refractivity contribution in [2.45, 2.75) is 32.8 Å². The lowest BCUT2D eigenvalue weighted by molar-refractivity contribution is -0.155. The highest BCUT2D eigenvalue weighted by Crippen LogP contribution is 2.21. The van der Waals surface area contributed by atoms with Gasteiger partial charge in [0.15, 0.2) is 0 Å². The van der Waals surface area contributed by atoms with Gasteiger partial charge in [-0.3, -0.25) is 4.79 Å². The van der Waals surface area contributed by atoms with Crippen molar-refractivity contribution in [3.8, 4) is 5.75 Å². The monoisotopic (exact) mass is 318 g/mol. The molecule has 1 aromatic rings. The summed E-state index contributed by atoms with van der Waals surface area (Å²) < 4.78 is 23.9. The van der Waals surface area contributed by atoms with Crippen LogP contribution in [-0.2, 0) is 9.53 Å². The summed E-state index contributed by atoms with van der Waals surface area (Å²) >= 11 is 3.05. The lowest BCUT2D eigenvalue weighted by atomic mass is 10.2. The second-order valence-corrected chi connectivity index (χ2v) is 5.62. The molecule has 5 heteroatoms. The fourth-order valence-corrected chi connectivity index (χ4v) is 1.46. The lowest BCUT2D eigenvalue weighted by Gasteiger charge is -2.19. The van der Waals surface area contributed by atoms with E-state index in [1.807, 2.05) is 0 Å². The number of hydrogen-bond acceptors (Lipinski definition) is 3. The highest BCUT2D eigenvalue weighted by molar-refractivity contribution is 9.10.